The summed E-state index contributed by atoms with van der Waals surface area (Å²) < 4.78 is 51.4. The average molecular weight is 354 g/mol. The Bertz CT molecular complexity index is 849. The highest BCUT2D eigenvalue weighted by molar-refractivity contribution is 5.84. The number of hydrogen-bond donors (Lipinski definition) is 1. The molecular formula is C15H11F3N3O4-. The molecule has 0 spiro atoms. The lowest BCUT2D eigenvalue weighted by Gasteiger charge is -2.33. The normalized spacial score (nSPS) is 21.6. The monoisotopic (exact) mass is 354 g/mol. The molecule has 132 valence electrons. The molecule has 2 aliphatic rings. The van der Waals surface area contributed by atoms with E-state index in [4.69, 9.17) is 9.47 Å². The molecule has 7 nitrogen and oxygen atoms in total. The minimum Gasteiger partial charge on any atom is -0.543 e. The zero-order chi connectivity index (χ0) is 17.8. The Kier molecular flexibility index (Phi) is 3.31. The average Bonchev–Trinajstić information content (AvgIpc) is 3.18. The molecule has 3 heterocycles. The number of fused-ring (bicyclic) bond motifs is 2. The molecule has 0 bridgehead atoms. The first-order valence-corrected chi connectivity index (χ1v) is 7.36. The van der Waals surface area contributed by atoms with E-state index in [-0.39, 0.29) is 19.0 Å². The largest absolute Gasteiger partial charge is 0.543 e. The van der Waals surface area contributed by atoms with Crippen molar-refractivity contribution < 1.29 is 32.5 Å². The number of carbonyl (C=O) groups excluding carboxylic acids is 1. The minimum absolute atomic E-state index is 0.0320. The van der Waals surface area contributed by atoms with Gasteiger partial charge in [-0.15, -0.1) is 0 Å². The fourth-order valence-corrected chi connectivity index (χ4v) is 3.02. The van der Waals surface area contributed by atoms with Gasteiger partial charge in [-0.25, -0.2) is 4.68 Å². The maximum Gasteiger partial charge on any atom is 0.410 e. The Morgan fingerprint density at radius 3 is 2.76 bits per heavy atom. The molecule has 2 atom stereocenters. The molecule has 1 N–H and O–H groups in total. The SMILES string of the molecule is O=C([O-])c1cc2n(n1)[C@H](C(F)(F)F)C[C@H](c1ccc3c(c1)OCO3)N2. The Morgan fingerprint density at radius 2 is 2.04 bits per heavy atom. The lowest BCUT2D eigenvalue weighted by atomic mass is 9.96. The van der Waals surface area contributed by atoms with Crippen LogP contribution in [0, 0.1) is 0 Å². The zero-order valence-corrected chi connectivity index (χ0v) is 12.5. The van der Waals surface area contributed by atoms with Gasteiger partial charge in [-0.05, 0) is 17.7 Å². The highest BCUT2D eigenvalue weighted by Crippen LogP contribution is 2.45. The molecule has 0 unspecified atom stereocenters. The number of ether oxygens (including phenoxy) is 2. The van der Waals surface area contributed by atoms with Gasteiger partial charge < -0.3 is 24.7 Å². The highest BCUT2D eigenvalue weighted by atomic mass is 19.4. The second kappa shape index (κ2) is 5.30. The van der Waals surface area contributed by atoms with Crippen LogP contribution in [0.2, 0.25) is 0 Å². The molecule has 1 aromatic carbocycles. The van der Waals surface area contributed by atoms with Crippen LogP contribution in [0.3, 0.4) is 0 Å². The standard InChI is InChI=1S/C15H12F3N3O4/c16-15(17,18)12-4-8(7-1-2-10-11(3-7)25-6-24-10)19-13-5-9(14(22)23)20-21(12)13/h1-3,5,8,12,19H,4,6H2,(H,22,23)/p-1/t8-,12+/m1/s1. The van der Waals surface area contributed by atoms with Crippen LogP contribution in [-0.2, 0) is 0 Å². The summed E-state index contributed by atoms with van der Waals surface area (Å²) in [7, 11) is 0. The van der Waals surface area contributed by atoms with E-state index < -0.39 is 29.9 Å². The Labute approximate surface area is 139 Å². The van der Waals surface area contributed by atoms with Gasteiger partial charge in [-0.1, -0.05) is 6.07 Å². The van der Waals surface area contributed by atoms with E-state index in [1.807, 2.05) is 0 Å². The number of benzene rings is 1. The van der Waals surface area contributed by atoms with Gasteiger partial charge in [0.2, 0.25) is 6.79 Å². The lowest BCUT2D eigenvalue weighted by molar-refractivity contribution is -0.255. The Morgan fingerprint density at radius 1 is 1.28 bits per heavy atom. The predicted molar refractivity (Wildman–Crippen MR) is 75.2 cm³/mol. The van der Waals surface area contributed by atoms with Crippen molar-refractivity contribution in [3.8, 4) is 11.5 Å². The van der Waals surface area contributed by atoms with E-state index in [1.54, 1.807) is 18.2 Å². The number of aromatic carboxylic acids is 1. The van der Waals surface area contributed by atoms with Gasteiger partial charge in [0.05, 0.1) is 12.0 Å². The van der Waals surface area contributed by atoms with Crippen LogP contribution in [0.5, 0.6) is 11.5 Å². The fourth-order valence-electron chi connectivity index (χ4n) is 3.02. The van der Waals surface area contributed by atoms with Crippen molar-refractivity contribution in [1.29, 1.82) is 0 Å². The van der Waals surface area contributed by atoms with Crippen LogP contribution < -0.4 is 19.9 Å². The molecule has 0 saturated heterocycles. The summed E-state index contributed by atoms with van der Waals surface area (Å²) >= 11 is 0. The minimum atomic E-state index is -4.58. The number of rotatable bonds is 2. The van der Waals surface area contributed by atoms with Gasteiger partial charge in [0.25, 0.3) is 0 Å². The second-order valence-electron chi connectivity index (χ2n) is 5.75. The summed E-state index contributed by atoms with van der Waals surface area (Å²) in [4.78, 5) is 10.9. The molecule has 2 aromatic rings. The van der Waals surface area contributed by atoms with Crippen LogP contribution in [-0.4, -0.2) is 28.7 Å². The number of halogens is 3. The van der Waals surface area contributed by atoms with E-state index in [1.165, 1.54) is 0 Å². The van der Waals surface area contributed by atoms with Crippen molar-refractivity contribution >= 4 is 11.8 Å². The Hall–Kier alpha value is -2.91. The number of hydrogen-bond acceptors (Lipinski definition) is 6. The number of alkyl halides is 3. The van der Waals surface area contributed by atoms with Crippen molar-refractivity contribution in [3.63, 3.8) is 0 Å². The van der Waals surface area contributed by atoms with Crippen LogP contribution in [0.4, 0.5) is 19.0 Å². The first kappa shape index (κ1) is 15.6. The van der Waals surface area contributed by atoms with Crippen LogP contribution in [0.15, 0.2) is 24.3 Å². The van der Waals surface area contributed by atoms with E-state index in [2.05, 4.69) is 10.4 Å². The van der Waals surface area contributed by atoms with Gasteiger partial charge in [0.15, 0.2) is 17.5 Å². The van der Waals surface area contributed by atoms with Crippen LogP contribution in [0.25, 0.3) is 0 Å². The van der Waals surface area contributed by atoms with Gasteiger partial charge >= 0.3 is 6.18 Å². The van der Waals surface area contributed by atoms with E-state index >= 15 is 0 Å². The molecule has 25 heavy (non-hydrogen) atoms. The predicted octanol–water partition coefficient (Wildman–Crippen LogP) is 1.64. The quantitative estimate of drug-likeness (QED) is 0.882. The van der Waals surface area contributed by atoms with Crippen molar-refractivity contribution in [2.45, 2.75) is 24.7 Å². The number of nitrogens with zero attached hydrogens (tertiary/aromatic N) is 2. The molecule has 2 aliphatic heterocycles. The molecule has 0 radical (unpaired) electrons. The molecule has 4 rings (SSSR count). The number of aromatic nitrogens is 2. The number of carboxylic acids is 1. The third-order valence-electron chi connectivity index (χ3n) is 4.20. The van der Waals surface area contributed by atoms with Crippen molar-refractivity contribution in [3.05, 3.63) is 35.5 Å². The van der Waals surface area contributed by atoms with Crippen molar-refractivity contribution in [1.82, 2.24) is 9.78 Å². The molecule has 0 aliphatic carbocycles. The lowest BCUT2D eigenvalue weighted by Crippen LogP contribution is -2.35. The summed E-state index contributed by atoms with van der Waals surface area (Å²) in [6, 6.07) is 3.27. The van der Waals surface area contributed by atoms with Gasteiger partial charge in [0.1, 0.15) is 11.5 Å². The highest BCUT2D eigenvalue weighted by Gasteiger charge is 2.46. The number of carboxylic acid groups (broad SMARTS) is 1. The number of anilines is 1. The molecule has 10 heteroatoms. The topological polar surface area (TPSA) is 88.4 Å². The zero-order valence-electron chi connectivity index (χ0n) is 12.5. The first-order chi connectivity index (χ1) is 11.8. The fraction of sp³-hybridized carbons (Fsp3) is 0.333. The third kappa shape index (κ3) is 2.63. The van der Waals surface area contributed by atoms with Crippen LogP contribution >= 0.6 is 0 Å². The van der Waals surface area contributed by atoms with Crippen LogP contribution in [0.1, 0.15) is 34.6 Å². The maximum absolute atomic E-state index is 13.4. The number of nitrogens with one attached hydrogen (secondary N) is 1. The van der Waals surface area contributed by atoms with E-state index in [9.17, 15) is 23.1 Å². The van der Waals surface area contributed by atoms with Crippen molar-refractivity contribution in [2.24, 2.45) is 0 Å². The molecule has 0 saturated carbocycles. The smallest absolute Gasteiger partial charge is 0.410 e. The summed E-state index contributed by atoms with van der Waals surface area (Å²) in [5.74, 6) is -0.687. The number of carbonyl (C=O) groups is 1. The first-order valence-electron chi connectivity index (χ1n) is 7.36. The van der Waals surface area contributed by atoms with Gasteiger partial charge in [-0.3, -0.25) is 0 Å². The van der Waals surface area contributed by atoms with Gasteiger partial charge in [0, 0.05) is 12.5 Å². The summed E-state index contributed by atoms with van der Waals surface area (Å²) in [6.45, 7) is 0.0593. The maximum atomic E-state index is 13.4. The summed E-state index contributed by atoms with van der Waals surface area (Å²) in [6.07, 6.45) is -4.93. The summed E-state index contributed by atoms with van der Waals surface area (Å²) in [5, 5.41) is 17.3. The molecule has 0 amide bonds. The van der Waals surface area contributed by atoms with E-state index in [0.29, 0.717) is 21.7 Å². The summed E-state index contributed by atoms with van der Waals surface area (Å²) in [5.41, 5.74) is 0.0176. The third-order valence-corrected chi connectivity index (χ3v) is 4.20. The van der Waals surface area contributed by atoms with Crippen molar-refractivity contribution in [2.75, 3.05) is 12.1 Å². The molecule has 0 fully saturated rings. The molecule has 1 aromatic heterocycles. The van der Waals surface area contributed by atoms with Gasteiger partial charge in [-0.2, -0.15) is 18.3 Å². The second-order valence-corrected chi connectivity index (χ2v) is 5.75. The Balaban J connectivity index is 1.73. The van der Waals surface area contributed by atoms with E-state index in [0.717, 1.165) is 6.07 Å². The molecular weight excluding hydrogens is 343 g/mol.